The summed E-state index contributed by atoms with van der Waals surface area (Å²) in [6.45, 7) is 1.89. The fourth-order valence-corrected chi connectivity index (χ4v) is 3.54. The highest BCUT2D eigenvalue weighted by molar-refractivity contribution is 9.10. The number of rotatable bonds is 3. The van der Waals surface area contributed by atoms with Gasteiger partial charge in [-0.15, -0.1) is 0 Å². The molecule has 0 aromatic heterocycles. The van der Waals surface area contributed by atoms with Crippen LogP contribution in [-0.4, -0.2) is 5.38 Å². The predicted octanol–water partition coefficient (Wildman–Crippen LogP) is 6.67. The Balaban J connectivity index is 2.15. The predicted molar refractivity (Wildman–Crippen MR) is 100 cm³/mol. The van der Waals surface area contributed by atoms with Crippen molar-refractivity contribution in [1.29, 1.82) is 0 Å². The lowest BCUT2D eigenvalue weighted by molar-refractivity contribution is -0.153. The monoisotopic (exact) mass is 467 g/mol. The molecule has 132 valence electrons. The summed E-state index contributed by atoms with van der Waals surface area (Å²) >= 11 is 20.7. The standard InChI is InChI=1S/C17H11BrCl3F2NO/c1-9-4-10(2-3-14(9)18)15-8-16(25-24-15,17(21,22)23)11-5-12(19)7-13(20)6-11/h2-8,24H,1H3. The fraction of sp³-hybridized carbons (Fsp3) is 0.176. The van der Waals surface area contributed by atoms with Gasteiger partial charge in [0, 0.05) is 25.6 Å². The molecule has 0 saturated carbocycles. The van der Waals surface area contributed by atoms with E-state index >= 15 is 0 Å². The summed E-state index contributed by atoms with van der Waals surface area (Å²) in [5.74, 6) is 0. The maximum atomic E-state index is 14.3. The Bertz CT molecular complexity index is 849. The average molecular weight is 470 g/mol. The summed E-state index contributed by atoms with van der Waals surface area (Å²) in [7, 11) is 0. The van der Waals surface area contributed by atoms with Gasteiger partial charge < -0.3 is 0 Å². The first-order valence-corrected chi connectivity index (χ1v) is 9.02. The maximum Gasteiger partial charge on any atom is 0.360 e. The number of nitrogens with one attached hydrogen (secondary N) is 1. The first-order valence-electron chi connectivity index (χ1n) is 7.09. The van der Waals surface area contributed by atoms with Gasteiger partial charge in [-0.3, -0.25) is 10.3 Å². The summed E-state index contributed by atoms with van der Waals surface area (Å²) < 4.78 is 29.6. The van der Waals surface area contributed by atoms with Gasteiger partial charge in [-0.25, -0.2) is 0 Å². The quantitative estimate of drug-likeness (QED) is 0.507. The number of hydrogen-bond acceptors (Lipinski definition) is 2. The minimum absolute atomic E-state index is 0.0429. The third-order valence-corrected chi connectivity index (χ3v) is 5.46. The zero-order valence-electron chi connectivity index (χ0n) is 12.7. The van der Waals surface area contributed by atoms with Crippen LogP contribution in [0.4, 0.5) is 8.78 Å². The highest BCUT2D eigenvalue weighted by Crippen LogP contribution is 2.49. The molecule has 1 N–H and O–H groups in total. The van der Waals surface area contributed by atoms with E-state index in [1.54, 1.807) is 6.07 Å². The van der Waals surface area contributed by atoms with Crippen molar-refractivity contribution in [1.82, 2.24) is 5.48 Å². The lowest BCUT2D eigenvalue weighted by Gasteiger charge is -2.30. The summed E-state index contributed by atoms with van der Waals surface area (Å²) in [4.78, 5) is 5.28. The molecule has 0 aliphatic carbocycles. The maximum absolute atomic E-state index is 14.3. The number of hydrogen-bond donors (Lipinski definition) is 1. The average Bonchev–Trinajstić information content (AvgIpc) is 2.95. The second-order valence-corrected chi connectivity index (χ2v) is 7.82. The number of hydroxylamine groups is 1. The van der Waals surface area contributed by atoms with Crippen LogP contribution in [0.15, 0.2) is 46.9 Å². The summed E-state index contributed by atoms with van der Waals surface area (Å²) in [6, 6.07) is 9.56. The molecular weight excluding hydrogens is 458 g/mol. The molecule has 0 fully saturated rings. The highest BCUT2D eigenvalue weighted by atomic mass is 79.9. The second-order valence-electron chi connectivity index (χ2n) is 5.62. The van der Waals surface area contributed by atoms with E-state index in [1.165, 1.54) is 24.3 Å². The smallest absolute Gasteiger partial charge is 0.265 e. The Kier molecular flexibility index (Phi) is 5.08. The van der Waals surface area contributed by atoms with Crippen LogP contribution in [0.25, 0.3) is 5.70 Å². The highest BCUT2D eigenvalue weighted by Gasteiger charge is 2.57. The largest absolute Gasteiger partial charge is 0.360 e. The van der Waals surface area contributed by atoms with Gasteiger partial charge in [-0.05, 0) is 60.5 Å². The molecule has 1 aliphatic rings. The summed E-state index contributed by atoms with van der Waals surface area (Å²) in [5, 5.41) is -3.35. The summed E-state index contributed by atoms with van der Waals surface area (Å²) in [6.07, 6.45) is 1.24. The van der Waals surface area contributed by atoms with Crippen molar-refractivity contribution in [2.45, 2.75) is 17.9 Å². The zero-order chi connectivity index (χ0) is 18.4. The lowest BCUT2D eigenvalue weighted by atomic mass is 9.92. The molecule has 0 spiro atoms. The van der Waals surface area contributed by atoms with Crippen LogP contribution in [0.5, 0.6) is 0 Å². The SMILES string of the molecule is Cc1cc(C2=CC(c3cc(Cl)cc(Cl)c3)(C(F)(F)Cl)ON2)ccc1Br. The number of alkyl halides is 3. The van der Waals surface area contributed by atoms with Crippen LogP contribution in [0, 0.1) is 6.92 Å². The van der Waals surface area contributed by atoms with Crippen LogP contribution in [-0.2, 0) is 10.4 Å². The van der Waals surface area contributed by atoms with E-state index in [2.05, 4.69) is 21.4 Å². The van der Waals surface area contributed by atoms with Gasteiger partial charge in [0.2, 0.25) is 5.60 Å². The van der Waals surface area contributed by atoms with Gasteiger partial charge in [0.1, 0.15) is 0 Å². The topological polar surface area (TPSA) is 21.3 Å². The third-order valence-electron chi connectivity index (χ3n) is 3.85. The van der Waals surface area contributed by atoms with E-state index in [4.69, 9.17) is 39.6 Å². The zero-order valence-corrected chi connectivity index (χ0v) is 16.6. The molecule has 1 unspecified atom stereocenters. The Hall–Kier alpha value is -0.850. The molecule has 2 nitrogen and oxygen atoms in total. The molecule has 25 heavy (non-hydrogen) atoms. The van der Waals surface area contributed by atoms with Gasteiger partial charge in [0.25, 0.3) is 0 Å². The molecule has 2 aromatic carbocycles. The van der Waals surface area contributed by atoms with Gasteiger partial charge in [0.05, 0.1) is 5.70 Å². The van der Waals surface area contributed by atoms with Gasteiger partial charge in [-0.1, -0.05) is 45.2 Å². The van der Waals surface area contributed by atoms with Crippen LogP contribution in [0.3, 0.4) is 0 Å². The van der Waals surface area contributed by atoms with Crippen LogP contribution < -0.4 is 5.48 Å². The minimum Gasteiger partial charge on any atom is -0.265 e. The van der Waals surface area contributed by atoms with Crippen LogP contribution in [0.2, 0.25) is 10.0 Å². The van der Waals surface area contributed by atoms with E-state index in [1.807, 2.05) is 19.1 Å². The van der Waals surface area contributed by atoms with E-state index in [0.29, 0.717) is 11.3 Å². The molecule has 0 bridgehead atoms. The lowest BCUT2D eigenvalue weighted by Crippen LogP contribution is -2.41. The first-order chi connectivity index (χ1) is 11.6. The van der Waals surface area contributed by atoms with Crippen molar-refractivity contribution >= 4 is 56.4 Å². The molecule has 3 rings (SSSR count). The molecule has 0 amide bonds. The molecular formula is C17H11BrCl3F2NO. The van der Waals surface area contributed by atoms with Crippen molar-refractivity contribution in [3.63, 3.8) is 0 Å². The molecule has 8 heteroatoms. The Labute approximate surface area is 166 Å². The molecule has 0 radical (unpaired) electrons. The molecule has 1 atom stereocenters. The summed E-state index contributed by atoms with van der Waals surface area (Å²) in [5.41, 5.74) is 2.33. The molecule has 1 aliphatic heterocycles. The Morgan fingerprint density at radius 1 is 1.12 bits per heavy atom. The van der Waals surface area contributed by atoms with Crippen molar-refractivity contribution in [2.24, 2.45) is 0 Å². The van der Waals surface area contributed by atoms with Gasteiger partial charge in [0.15, 0.2) is 0 Å². The van der Waals surface area contributed by atoms with Gasteiger partial charge >= 0.3 is 5.38 Å². The van der Waals surface area contributed by atoms with Crippen LogP contribution in [0.1, 0.15) is 16.7 Å². The third kappa shape index (κ3) is 3.53. The molecule has 0 saturated heterocycles. The van der Waals surface area contributed by atoms with Crippen molar-refractivity contribution in [2.75, 3.05) is 0 Å². The minimum atomic E-state index is -3.75. The Morgan fingerprint density at radius 3 is 2.32 bits per heavy atom. The van der Waals surface area contributed by atoms with Crippen LogP contribution >= 0.6 is 50.7 Å². The number of benzene rings is 2. The Morgan fingerprint density at radius 2 is 1.76 bits per heavy atom. The number of halogens is 6. The van der Waals surface area contributed by atoms with E-state index < -0.39 is 11.0 Å². The number of aryl methyl sites for hydroxylation is 1. The van der Waals surface area contributed by atoms with E-state index in [9.17, 15) is 8.78 Å². The normalized spacial score (nSPS) is 20.4. The van der Waals surface area contributed by atoms with Crippen molar-refractivity contribution < 1.29 is 13.6 Å². The van der Waals surface area contributed by atoms with E-state index in [0.717, 1.165) is 10.0 Å². The second kappa shape index (κ2) is 6.71. The fourth-order valence-electron chi connectivity index (χ4n) is 2.57. The van der Waals surface area contributed by atoms with Gasteiger partial charge in [-0.2, -0.15) is 8.78 Å². The first kappa shape index (κ1) is 18.9. The van der Waals surface area contributed by atoms with Crippen molar-refractivity contribution in [3.05, 3.63) is 73.7 Å². The molecule has 2 aromatic rings. The molecule has 1 heterocycles. The van der Waals surface area contributed by atoms with Crippen molar-refractivity contribution in [3.8, 4) is 0 Å². The van der Waals surface area contributed by atoms with E-state index in [-0.39, 0.29) is 15.6 Å².